The Labute approximate surface area is 133 Å². The maximum Gasteiger partial charge on any atom is 0.142 e. The largest absolute Gasteiger partial charge is 0.489 e. The molecular weight excluding hydrogens is 309 g/mol. The van der Waals surface area contributed by atoms with E-state index in [2.05, 4.69) is 32.2 Å². The van der Waals surface area contributed by atoms with Crippen LogP contribution in [-0.4, -0.2) is 6.04 Å². The van der Waals surface area contributed by atoms with Gasteiger partial charge in [-0.1, -0.05) is 25.4 Å². The number of ether oxygens (including phenoxy) is 1. The Hall–Kier alpha value is -1.10. The van der Waals surface area contributed by atoms with Gasteiger partial charge >= 0.3 is 0 Å². The highest BCUT2D eigenvalue weighted by molar-refractivity contribution is 7.12. The van der Waals surface area contributed by atoms with Crippen molar-refractivity contribution in [3.8, 4) is 5.75 Å². The van der Waals surface area contributed by atoms with Crippen LogP contribution in [0.1, 0.15) is 29.2 Å². The van der Waals surface area contributed by atoms with Crippen molar-refractivity contribution in [3.63, 3.8) is 0 Å². The van der Waals surface area contributed by atoms with Gasteiger partial charge < -0.3 is 10.1 Å². The van der Waals surface area contributed by atoms with Gasteiger partial charge in [-0.05, 0) is 25.1 Å². The average molecular weight is 328 g/mol. The van der Waals surface area contributed by atoms with Crippen LogP contribution in [0.5, 0.6) is 5.75 Å². The molecule has 1 aromatic heterocycles. The molecule has 1 N–H and O–H groups in total. The van der Waals surface area contributed by atoms with Crippen LogP contribution in [0, 0.1) is 12.7 Å². The number of halogens is 2. The van der Waals surface area contributed by atoms with E-state index in [1.807, 2.05) is 0 Å². The molecule has 0 saturated heterocycles. The van der Waals surface area contributed by atoms with E-state index in [1.165, 1.54) is 21.9 Å². The first-order chi connectivity index (χ1) is 9.95. The minimum absolute atomic E-state index is 0.0800. The fourth-order valence-corrected chi connectivity index (χ4v) is 3.02. The Morgan fingerprint density at radius 2 is 2.10 bits per heavy atom. The first kappa shape index (κ1) is 16.3. The van der Waals surface area contributed by atoms with Crippen LogP contribution in [0.2, 0.25) is 5.02 Å². The molecule has 2 rings (SSSR count). The third kappa shape index (κ3) is 4.70. The Morgan fingerprint density at radius 3 is 2.76 bits per heavy atom. The van der Waals surface area contributed by atoms with Crippen LogP contribution in [-0.2, 0) is 13.2 Å². The fraction of sp³-hybridized carbons (Fsp3) is 0.375. The molecular formula is C16H19ClFNOS. The van der Waals surface area contributed by atoms with Gasteiger partial charge in [-0.15, -0.1) is 11.3 Å². The Kier molecular flexibility index (Phi) is 5.62. The molecule has 0 atom stereocenters. The second-order valence-corrected chi connectivity index (χ2v) is 6.94. The maximum absolute atomic E-state index is 13.1. The second kappa shape index (κ2) is 7.25. The second-order valence-electron chi connectivity index (χ2n) is 5.19. The summed E-state index contributed by atoms with van der Waals surface area (Å²) < 4.78 is 18.8. The minimum atomic E-state index is -0.433. The van der Waals surface area contributed by atoms with Crippen molar-refractivity contribution in [1.82, 2.24) is 5.32 Å². The number of rotatable bonds is 6. The molecule has 1 heterocycles. The van der Waals surface area contributed by atoms with E-state index in [4.69, 9.17) is 16.3 Å². The van der Waals surface area contributed by atoms with Gasteiger partial charge in [0.15, 0.2) is 0 Å². The lowest BCUT2D eigenvalue weighted by Gasteiger charge is -2.06. The zero-order valence-electron chi connectivity index (χ0n) is 12.4. The van der Waals surface area contributed by atoms with E-state index in [0.29, 0.717) is 18.4 Å². The fourth-order valence-electron chi connectivity index (χ4n) is 1.85. The lowest BCUT2D eigenvalue weighted by atomic mass is 10.2. The van der Waals surface area contributed by atoms with E-state index < -0.39 is 5.82 Å². The van der Waals surface area contributed by atoms with Crippen LogP contribution in [0.4, 0.5) is 4.39 Å². The summed E-state index contributed by atoms with van der Waals surface area (Å²) in [7, 11) is 0. The molecule has 5 heteroatoms. The number of benzene rings is 1. The summed E-state index contributed by atoms with van der Waals surface area (Å²) >= 11 is 7.51. The molecule has 0 aliphatic heterocycles. The quantitative estimate of drug-likeness (QED) is 0.812. The number of thiophene rings is 1. The predicted molar refractivity (Wildman–Crippen MR) is 86.8 cm³/mol. The molecule has 0 bridgehead atoms. The van der Waals surface area contributed by atoms with E-state index in [1.54, 1.807) is 17.4 Å². The summed E-state index contributed by atoms with van der Waals surface area (Å²) in [6.45, 7) is 7.67. The highest BCUT2D eigenvalue weighted by Crippen LogP contribution is 2.25. The van der Waals surface area contributed by atoms with Crippen molar-refractivity contribution < 1.29 is 9.13 Å². The zero-order valence-corrected chi connectivity index (χ0v) is 13.9. The number of nitrogens with one attached hydrogen (secondary N) is 1. The first-order valence-corrected chi connectivity index (χ1v) is 8.04. The van der Waals surface area contributed by atoms with Crippen molar-refractivity contribution in [1.29, 1.82) is 0 Å². The summed E-state index contributed by atoms with van der Waals surface area (Å²) in [4.78, 5) is 2.53. The summed E-state index contributed by atoms with van der Waals surface area (Å²) in [5, 5.41) is 3.48. The smallest absolute Gasteiger partial charge is 0.142 e. The van der Waals surface area contributed by atoms with Crippen LogP contribution in [0.15, 0.2) is 24.3 Å². The topological polar surface area (TPSA) is 21.3 Å². The van der Waals surface area contributed by atoms with Crippen LogP contribution in [0.3, 0.4) is 0 Å². The van der Waals surface area contributed by atoms with Crippen LogP contribution in [0.25, 0.3) is 0 Å². The molecule has 0 aliphatic carbocycles. The van der Waals surface area contributed by atoms with Gasteiger partial charge in [0.25, 0.3) is 0 Å². The molecule has 2 aromatic rings. The van der Waals surface area contributed by atoms with Gasteiger partial charge in [0.2, 0.25) is 0 Å². The van der Waals surface area contributed by atoms with E-state index in [-0.39, 0.29) is 5.02 Å². The molecule has 0 unspecified atom stereocenters. The third-order valence-electron chi connectivity index (χ3n) is 3.04. The molecule has 2 nitrogen and oxygen atoms in total. The lowest BCUT2D eigenvalue weighted by molar-refractivity contribution is 0.305. The van der Waals surface area contributed by atoms with Crippen molar-refractivity contribution in [2.45, 2.75) is 40.0 Å². The van der Waals surface area contributed by atoms with E-state index in [0.717, 1.165) is 12.1 Å². The average Bonchev–Trinajstić information content (AvgIpc) is 2.78. The Bertz CT molecular complexity index is 612. The van der Waals surface area contributed by atoms with Crippen molar-refractivity contribution in [2.24, 2.45) is 0 Å². The standard InChI is InChI=1S/C16H19ClFNOS/c1-10(2)19-8-14-6-12(11(3)21-14)9-20-13-4-5-16(18)15(17)7-13/h4-7,10,19H,8-9H2,1-3H3. The van der Waals surface area contributed by atoms with Gasteiger partial charge in [0, 0.05) is 34.0 Å². The molecule has 1 aromatic carbocycles. The van der Waals surface area contributed by atoms with Crippen molar-refractivity contribution >= 4 is 22.9 Å². The van der Waals surface area contributed by atoms with Gasteiger partial charge in [-0.25, -0.2) is 4.39 Å². The number of hydrogen-bond acceptors (Lipinski definition) is 3. The van der Waals surface area contributed by atoms with Crippen LogP contribution < -0.4 is 10.1 Å². The molecule has 0 fully saturated rings. The normalized spacial score (nSPS) is 11.1. The summed E-state index contributed by atoms with van der Waals surface area (Å²) in [6, 6.07) is 7.02. The Morgan fingerprint density at radius 1 is 1.33 bits per heavy atom. The minimum Gasteiger partial charge on any atom is -0.489 e. The van der Waals surface area contributed by atoms with Gasteiger partial charge in [-0.3, -0.25) is 0 Å². The zero-order chi connectivity index (χ0) is 15.4. The van der Waals surface area contributed by atoms with Gasteiger partial charge in [0.05, 0.1) is 5.02 Å². The maximum atomic E-state index is 13.1. The lowest BCUT2D eigenvalue weighted by Crippen LogP contribution is -2.21. The molecule has 0 amide bonds. The third-order valence-corrected chi connectivity index (χ3v) is 4.42. The Balaban J connectivity index is 1.97. The summed E-state index contributed by atoms with van der Waals surface area (Å²) in [5.74, 6) is 0.145. The monoisotopic (exact) mass is 327 g/mol. The number of hydrogen-bond donors (Lipinski definition) is 1. The predicted octanol–water partition coefficient (Wildman–Crippen LogP) is 4.93. The molecule has 0 saturated carbocycles. The highest BCUT2D eigenvalue weighted by Gasteiger charge is 2.08. The first-order valence-electron chi connectivity index (χ1n) is 6.85. The summed E-state index contributed by atoms with van der Waals surface area (Å²) in [6.07, 6.45) is 0. The van der Waals surface area contributed by atoms with Crippen LogP contribution >= 0.6 is 22.9 Å². The van der Waals surface area contributed by atoms with Crippen molar-refractivity contribution in [3.05, 3.63) is 50.4 Å². The molecule has 0 spiro atoms. The highest BCUT2D eigenvalue weighted by atomic mass is 35.5. The molecule has 0 radical (unpaired) electrons. The van der Waals surface area contributed by atoms with Crippen molar-refractivity contribution in [2.75, 3.05) is 0 Å². The van der Waals surface area contributed by atoms with E-state index >= 15 is 0 Å². The van der Waals surface area contributed by atoms with Gasteiger partial charge in [0.1, 0.15) is 18.2 Å². The van der Waals surface area contributed by atoms with Gasteiger partial charge in [-0.2, -0.15) is 0 Å². The van der Waals surface area contributed by atoms with E-state index in [9.17, 15) is 4.39 Å². The number of aryl methyl sites for hydroxylation is 1. The SMILES string of the molecule is Cc1sc(CNC(C)C)cc1COc1ccc(F)c(Cl)c1. The molecule has 0 aliphatic rings. The summed E-state index contributed by atoms with van der Waals surface area (Å²) in [5.41, 5.74) is 1.15. The molecule has 114 valence electrons. The molecule has 21 heavy (non-hydrogen) atoms.